The monoisotopic (exact) mass is 326 g/mol. The highest BCUT2D eigenvalue weighted by atomic mass is 16.5. The molecule has 1 aliphatic heterocycles. The van der Waals surface area contributed by atoms with Gasteiger partial charge in [0.2, 0.25) is 0 Å². The minimum absolute atomic E-state index is 0.00157. The van der Waals surface area contributed by atoms with Crippen molar-refractivity contribution in [3.05, 3.63) is 60.7 Å². The molecule has 0 unspecified atom stereocenters. The second-order valence-electron chi connectivity index (χ2n) is 5.98. The number of likely N-dealkylation sites (tertiary alicyclic amines) is 1. The van der Waals surface area contributed by atoms with Crippen LogP contribution in [0.1, 0.15) is 22.3 Å². The maximum absolute atomic E-state index is 12.9. The first kappa shape index (κ1) is 16.4. The fourth-order valence-electron chi connectivity index (χ4n) is 3.18. The topological polar surface area (TPSA) is 60.2 Å². The summed E-state index contributed by atoms with van der Waals surface area (Å²) in [6.45, 7) is 4.88. The van der Waals surface area contributed by atoms with Crippen molar-refractivity contribution < 1.29 is 9.53 Å². The molecule has 0 radical (unpaired) electrons. The van der Waals surface area contributed by atoms with Crippen LogP contribution in [-0.2, 0) is 18.2 Å². The van der Waals surface area contributed by atoms with E-state index in [-0.39, 0.29) is 18.1 Å². The fourth-order valence-corrected chi connectivity index (χ4v) is 3.18. The lowest BCUT2D eigenvalue weighted by Gasteiger charge is -2.28. The molecule has 3 heterocycles. The van der Waals surface area contributed by atoms with Gasteiger partial charge in [0.25, 0.3) is 5.91 Å². The van der Waals surface area contributed by atoms with Gasteiger partial charge in [0.15, 0.2) is 0 Å². The minimum Gasteiger partial charge on any atom is -0.372 e. The zero-order chi connectivity index (χ0) is 16.9. The molecule has 3 rings (SSSR count). The molecule has 0 saturated carbocycles. The molecule has 0 aromatic carbocycles. The number of ether oxygens (including phenoxy) is 1. The Morgan fingerprint density at radius 2 is 2.38 bits per heavy atom. The van der Waals surface area contributed by atoms with Gasteiger partial charge in [-0.2, -0.15) is 5.10 Å². The predicted octanol–water partition coefficient (Wildman–Crippen LogP) is 1.84. The molecule has 0 spiro atoms. The molecule has 24 heavy (non-hydrogen) atoms. The van der Waals surface area contributed by atoms with Gasteiger partial charge in [0, 0.05) is 32.2 Å². The largest absolute Gasteiger partial charge is 0.372 e. The van der Waals surface area contributed by atoms with E-state index in [2.05, 4.69) is 16.7 Å². The highest BCUT2D eigenvalue weighted by Gasteiger charge is 2.38. The molecule has 6 heteroatoms. The number of aryl methyl sites for hydroxylation is 1. The van der Waals surface area contributed by atoms with Crippen LogP contribution in [0.4, 0.5) is 0 Å². The molecule has 1 fully saturated rings. The van der Waals surface area contributed by atoms with E-state index in [4.69, 9.17) is 4.74 Å². The summed E-state index contributed by atoms with van der Waals surface area (Å²) < 4.78 is 7.68. The number of carbonyl (C=O) groups is 1. The van der Waals surface area contributed by atoms with E-state index in [0.717, 1.165) is 18.4 Å². The summed E-state index contributed by atoms with van der Waals surface area (Å²) in [5.74, 6) is 0.00157. The van der Waals surface area contributed by atoms with Crippen molar-refractivity contribution >= 4 is 5.91 Å². The van der Waals surface area contributed by atoms with Gasteiger partial charge in [0.05, 0.1) is 30.5 Å². The maximum Gasteiger partial charge on any atom is 0.255 e. The summed E-state index contributed by atoms with van der Waals surface area (Å²) in [5, 5.41) is 4.22. The van der Waals surface area contributed by atoms with Crippen LogP contribution in [0, 0.1) is 0 Å². The summed E-state index contributed by atoms with van der Waals surface area (Å²) in [6, 6.07) is 3.57. The number of rotatable bonds is 6. The Labute approximate surface area is 141 Å². The SMILES string of the molecule is C=CCO[C@@H]1CCN(C(=O)c2cccnc2)[C@@H]1Cc1cnn(C)c1. The Morgan fingerprint density at radius 3 is 3.04 bits per heavy atom. The van der Waals surface area contributed by atoms with Gasteiger partial charge in [-0.25, -0.2) is 0 Å². The molecule has 6 nitrogen and oxygen atoms in total. The number of aromatic nitrogens is 3. The Kier molecular flexibility index (Phi) is 5.05. The van der Waals surface area contributed by atoms with Crippen molar-refractivity contribution in [1.29, 1.82) is 0 Å². The zero-order valence-corrected chi connectivity index (χ0v) is 13.8. The normalized spacial score (nSPS) is 20.3. The van der Waals surface area contributed by atoms with E-state index in [1.54, 1.807) is 35.3 Å². The van der Waals surface area contributed by atoms with E-state index < -0.39 is 0 Å². The van der Waals surface area contributed by atoms with Crippen LogP contribution in [0.2, 0.25) is 0 Å². The van der Waals surface area contributed by atoms with Crippen LogP contribution in [0.25, 0.3) is 0 Å². The lowest BCUT2D eigenvalue weighted by Crippen LogP contribution is -2.42. The molecule has 1 aliphatic rings. The van der Waals surface area contributed by atoms with Crippen LogP contribution in [0.5, 0.6) is 0 Å². The third-order valence-electron chi connectivity index (χ3n) is 4.28. The molecule has 0 bridgehead atoms. The second kappa shape index (κ2) is 7.40. The van der Waals surface area contributed by atoms with E-state index in [1.807, 2.05) is 24.3 Å². The van der Waals surface area contributed by atoms with E-state index in [0.29, 0.717) is 18.7 Å². The quantitative estimate of drug-likeness (QED) is 0.760. The van der Waals surface area contributed by atoms with Crippen LogP contribution in [-0.4, -0.2) is 50.9 Å². The van der Waals surface area contributed by atoms with Gasteiger partial charge in [-0.1, -0.05) is 6.08 Å². The van der Waals surface area contributed by atoms with Crippen molar-refractivity contribution in [2.24, 2.45) is 7.05 Å². The van der Waals surface area contributed by atoms with Crippen LogP contribution in [0.3, 0.4) is 0 Å². The number of nitrogens with zero attached hydrogens (tertiary/aromatic N) is 4. The van der Waals surface area contributed by atoms with Crippen molar-refractivity contribution in [2.45, 2.75) is 25.0 Å². The first-order valence-corrected chi connectivity index (χ1v) is 8.10. The molecule has 0 aliphatic carbocycles. The molecule has 2 atom stereocenters. The molecular formula is C18H22N4O2. The first-order valence-electron chi connectivity index (χ1n) is 8.10. The molecular weight excluding hydrogens is 304 g/mol. The fraction of sp³-hybridized carbons (Fsp3) is 0.389. The summed E-state index contributed by atoms with van der Waals surface area (Å²) >= 11 is 0. The van der Waals surface area contributed by atoms with E-state index in [9.17, 15) is 4.79 Å². The van der Waals surface area contributed by atoms with E-state index in [1.165, 1.54) is 0 Å². The number of pyridine rings is 1. The Bertz CT molecular complexity index is 698. The number of amides is 1. The molecule has 1 saturated heterocycles. The van der Waals surface area contributed by atoms with E-state index >= 15 is 0 Å². The molecule has 0 N–H and O–H groups in total. The Hall–Kier alpha value is -2.47. The number of hydrogen-bond acceptors (Lipinski definition) is 4. The lowest BCUT2D eigenvalue weighted by molar-refractivity contribution is 0.0379. The molecule has 2 aromatic heterocycles. The third kappa shape index (κ3) is 3.54. The second-order valence-corrected chi connectivity index (χ2v) is 5.98. The predicted molar refractivity (Wildman–Crippen MR) is 90.5 cm³/mol. The standard InChI is InChI=1S/C18H22N4O2/c1-3-9-24-17-6-8-22(18(23)15-5-4-7-19-12-15)16(17)10-14-11-20-21(2)13-14/h3-5,7,11-13,16-17H,1,6,8-10H2,2H3/t16-,17-/m1/s1. The van der Waals surface area contributed by atoms with Gasteiger partial charge < -0.3 is 9.64 Å². The van der Waals surface area contributed by atoms with Crippen molar-refractivity contribution in [3.8, 4) is 0 Å². The number of carbonyl (C=O) groups excluding carboxylic acids is 1. The summed E-state index contributed by atoms with van der Waals surface area (Å²) in [5.41, 5.74) is 1.71. The molecule has 126 valence electrons. The average molecular weight is 326 g/mol. The third-order valence-corrected chi connectivity index (χ3v) is 4.28. The summed E-state index contributed by atoms with van der Waals surface area (Å²) in [6.07, 6.45) is 10.4. The van der Waals surface area contributed by atoms with Crippen molar-refractivity contribution in [1.82, 2.24) is 19.7 Å². The van der Waals surface area contributed by atoms with Crippen LogP contribution in [0.15, 0.2) is 49.6 Å². The Morgan fingerprint density at radius 1 is 1.50 bits per heavy atom. The highest BCUT2D eigenvalue weighted by Crippen LogP contribution is 2.26. The first-order chi connectivity index (χ1) is 11.7. The molecule has 2 aromatic rings. The maximum atomic E-state index is 12.9. The minimum atomic E-state index is -0.0122. The van der Waals surface area contributed by atoms with Gasteiger partial charge >= 0.3 is 0 Å². The highest BCUT2D eigenvalue weighted by molar-refractivity contribution is 5.94. The van der Waals surface area contributed by atoms with Crippen LogP contribution < -0.4 is 0 Å². The van der Waals surface area contributed by atoms with Crippen molar-refractivity contribution in [2.75, 3.05) is 13.2 Å². The van der Waals surface area contributed by atoms with Gasteiger partial charge in [-0.05, 0) is 30.5 Å². The summed E-state index contributed by atoms with van der Waals surface area (Å²) in [7, 11) is 1.89. The molecule has 1 amide bonds. The van der Waals surface area contributed by atoms with Gasteiger partial charge in [-0.15, -0.1) is 6.58 Å². The zero-order valence-electron chi connectivity index (χ0n) is 13.8. The average Bonchev–Trinajstić information content (AvgIpc) is 3.20. The smallest absolute Gasteiger partial charge is 0.255 e. The van der Waals surface area contributed by atoms with Crippen molar-refractivity contribution in [3.63, 3.8) is 0 Å². The number of hydrogen-bond donors (Lipinski definition) is 0. The van der Waals surface area contributed by atoms with Gasteiger partial charge in [0.1, 0.15) is 0 Å². The van der Waals surface area contributed by atoms with Gasteiger partial charge in [-0.3, -0.25) is 14.5 Å². The van der Waals surface area contributed by atoms with Crippen LogP contribution >= 0.6 is 0 Å². The lowest BCUT2D eigenvalue weighted by atomic mass is 10.0. The summed E-state index contributed by atoms with van der Waals surface area (Å²) in [4.78, 5) is 18.8. The Balaban J connectivity index is 1.80.